The van der Waals surface area contributed by atoms with Gasteiger partial charge in [-0.05, 0) is 12.1 Å². The number of sulfone groups is 1. The Morgan fingerprint density at radius 1 is 0.862 bits per heavy atom. The van der Waals surface area contributed by atoms with Crippen LogP contribution in [0, 0.1) is 0 Å². The predicted molar refractivity (Wildman–Crippen MR) is 118 cm³/mol. The highest BCUT2D eigenvalue weighted by Gasteiger charge is 2.21. The molecule has 4 rings (SSSR count). The Kier molecular flexibility index (Phi) is 6.40. The lowest BCUT2D eigenvalue weighted by Crippen LogP contribution is -2.47. The lowest BCUT2D eigenvalue weighted by Gasteiger charge is -2.34. The Balaban J connectivity index is 1.25. The van der Waals surface area contributed by atoms with Gasteiger partial charge in [0.25, 0.3) is 0 Å². The smallest absolute Gasteiger partial charge is 0.179 e. The van der Waals surface area contributed by atoms with Gasteiger partial charge in [-0.15, -0.1) is 11.3 Å². The van der Waals surface area contributed by atoms with Gasteiger partial charge in [0.1, 0.15) is 5.01 Å². The number of rotatable bonds is 7. The van der Waals surface area contributed by atoms with Crippen molar-refractivity contribution in [2.24, 2.45) is 0 Å². The zero-order chi connectivity index (χ0) is 20.1. The quantitative estimate of drug-likeness (QED) is 0.578. The summed E-state index contributed by atoms with van der Waals surface area (Å²) < 4.78 is 24.9. The van der Waals surface area contributed by atoms with Crippen LogP contribution in [0.1, 0.15) is 5.69 Å². The molecule has 3 aromatic rings. The van der Waals surface area contributed by atoms with Crippen molar-refractivity contribution >= 4 is 21.2 Å². The van der Waals surface area contributed by atoms with Crippen LogP contribution >= 0.6 is 11.3 Å². The molecule has 1 aliphatic heterocycles. The summed E-state index contributed by atoms with van der Waals surface area (Å²) in [7, 11) is -3.21. The maximum atomic E-state index is 12.5. The highest BCUT2D eigenvalue weighted by Crippen LogP contribution is 2.24. The average molecular weight is 428 g/mol. The second-order valence-electron chi connectivity index (χ2n) is 7.26. The molecule has 0 atom stereocenters. The third kappa shape index (κ3) is 5.30. The first-order chi connectivity index (χ1) is 14.1. The topological polar surface area (TPSA) is 53.5 Å². The van der Waals surface area contributed by atoms with Crippen molar-refractivity contribution in [2.75, 3.05) is 38.5 Å². The molecule has 0 N–H and O–H groups in total. The van der Waals surface area contributed by atoms with Gasteiger partial charge < -0.3 is 0 Å². The number of hydrogen-bond acceptors (Lipinski definition) is 6. The largest absolute Gasteiger partial charge is 0.300 e. The van der Waals surface area contributed by atoms with Crippen molar-refractivity contribution in [1.82, 2.24) is 14.8 Å². The maximum Gasteiger partial charge on any atom is 0.179 e. The average Bonchev–Trinajstić information content (AvgIpc) is 3.23. The molecule has 0 amide bonds. The van der Waals surface area contributed by atoms with E-state index in [1.165, 1.54) is 0 Å². The van der Waals surface area contributed by atoms with E-state index in [4.69, 9.17) is 4.98 Å². The van der Waals surface area contributed by atoms with Crippen LogP contribution in [0.4, 0.5) is 0 Å². The molecule has 0 unspecified atom stereocenters. The van der Waals surface area contributed by atoms with Crippen molar-refractivity contribution in [3.63, 3.8) is 0 Å². The fraction of sp³-hybridized carbons (Fsp3) is 0.318. The van der Waals surface area contributed by atoms with Gasteiger partial charge in [-0.25, -0.2) is 13.4 Å². The van der Waals surface area contributed by atoms with Crippen molar-refractivity contribution in [2.45, 2.75) is 11.4 Å². The molecule has 7 heteroatoms. The minimum absolute atomic E-state index is 0.170. The van der Waals surface area contributed by atoms with E-state index in [1.807, 2.05) is 24.3 Å². The van der Waals surface area contributed by atoms with E-state index in [-0.39, 0.29) is 5.75 Å². The number of benzene rings is 2. The first kappa shape index (κ1) is 20.2. The van der Waals surface area contributed by atoms with E-state index in [2.05, 4.69) is 27.3 Å². The van der Waals surface area contributed by atoms with E-state index in [0.29, 0.717) is 11.4 Å². The van der Waals surface area contributed by atoms with Gasteiger partial charge in [0.15, 0.2) is 9.84 Å². The van der Waals surface area contributed by atoms with Crippen LogP contribution in [0.2, 0.25) is 0 Å². The Labute approximate surface area is 176 Å². The first-order valence-electron chi connectivity index (χ1n) is 9.82. The molecule has 0 bridgehead atoms. The molecule has 0 aliphatic carbocycles. The second kappa shape index (κ2) is 9.17. The van der Waals surface area contributed by atoms with Crippen molar-refractivity contribution in [1.29, 1.82) is 0 Å². The van der Waals surface area contributed by atoms with E-state index in [1.54, 1.807) is 35.6 Å². The molecule has 0 radical (unpaired) electrons. The van der Waals surface area contributed by atoms with Crippen molar-refractivity contribution in [3.05, 3.63) is 71.7 Å². The lowest BCUT2D eigenvalue weighted by atomic mass is 10.2. The SMILES string of the molecule is O=S(=O)(CCN1CCN(Cc2csc(-c3ccccc3)n2)CC1)c1ccccc1. The summed E-state index contributed by atoms with van der Waals surface area (Å²) in [6.45, 7) is 5.08. The molecule has 29 heavy (non-hydrogen) atoms. The third-order valence-electron chi connectivity index (χ3n) is 5.20. The molecule has 2 heterocycles. The monoisotopic (exact) mass is 427 g/mol. The number of thiazole rings is 1. The predicted octanol–water partition coefficient (Wildman–Crippen LogP) is 3.40. The zero-order valence-corrected chi connectivity index (χ0v) is 17.9. The van der Waals surface area contributed by atoms with Crippen LogP contribution in [-0.4, -0.2) is 61.7 Å². The van der Waals surface area contributed by atoms with Crippen LogP contribution in [0.15, 0.2) is 70.9 Å². The minimum Gasteiger partial charge on any atom is -0.300 e. The fourth-order valence-electron chi connectivity index (χ4n) is 3.49. The lowest BCUT2D eigenvalue weighted by molar-refractivity contribution is 0.131. The zero-order valence-electron chi connectivity index (χ0n) is 16.3. The summed E-state index contributed by atoms with van der Waals surface area (Å²) in [6, 6.07) is 19.0. The summed E-state index contributed by atoms with van der Waals surface area (Å²) in [5.74, 6) is 0.170. The number of piperazine rings is 1. The highest BCUT2D eigenvalue weighted by atomic mass is 32.2. The van der Waals surface area contributed by atoms with E-state index in [9.17, 15) is 8.42 Å². The Bertz CT molecular complexity index is 1010. The van der Waals surface area contributed by atoms with Gasteiger partial charge >= 0.3 is 0 Å². The Morgan fingerprint density at radius 2 is 1.48 bits per heavy atom. The molecule has 0 spiro atoms. The maximum absolute atomic E-state index is 12.5. The normalized spacial score (nSPS) is 16.1. The van der Waals surface area contributed by atoms with Crippen LogP contribution in [-0.2, 0) is 16.4 Å². The van der Waals surface area contributed by atoms with E-state index in [0.717, 1.165) is 49.0 Å². The highest BCUT2D eigenvalue weighted by molar-refractivity contribution is 7.91. The molecule has 152 valence electrons. The van der Waals surface area contributed by atoms with Crippen LogP contribution in [0.3, 0.4) is 0 Å². The standard InChI is InChI=1S/C22H25N3O2S2/c26-29(27,21-9-5-2-6-10-21)16-15-24-11-13-25(14-12-24)17-20-18-28-22(23-20)19-7-3-1-4-8-19/h1-10,18H,11-17H2. The summed E-state index contributed by atoms with van der Waals surface area (Å²) >= 11 is 1.69. The van der Waals surface area contributed by atoms with Gasteiger partial charge in [-0.3, -0.25) is 9.80 Å². The van der Waals surface area contributed by atoms with Crippen molar-refractivity contribution in [3.8, 4) is 10.6 Å². The van der Waals surface area contributed by atoms with Crippen LogP contribution in [0.25, 0.3) is 10.6 Å². The molecule has 1 aromatic heterocycles. The molecule has 1 saturated heterocycles. The molecule has 5 nitrogen and oxygen atoms in total. The number of aromatic nitrogens is 1. The summed E-state index contributed by atoms with van der Waals surface area (Å²) in [6.07, 6.45) is 0. The second-order valence-corrected chi connectivity index (χ2v) is 10.2. The van der Waals surface area contributed by atoms with Crippen molar-refractivity contribution < 1.29 is 8.42 Å². The van der Waals surface area contributed by atoms with Gasteiger partial charge in [-0.2, -0.15) is 0 Å². The third-order valence-corrected chi connectivity index (χ3v) is 7.85. The summed E-state index contributed by atoms with van der Waals surface area (Å²) in [5.41, 5.74) is 2.27. The summed E-state index contributed by atoms with van der Waals surface area (Å²) in [5, 5.41) is 3.20. The molecule has 0 saturated carbocycles. The van der Waals surface area contributed by atoms with Crippen LogP contribution < -0.4 is 0 Å². The fourth-order valence-corrected chi connectivity index (χ4v) is 5.61. The van der Waals surface area contributed by atoms with Gasteiger partial charge in [-0.1, -0.05) is 48.5 Å². The number of hydrogen-bond donors (Lipinski definition) is 0. The van der Waals surface area contributed by atoms with E-state index < -0.39 is 9.84 Å². The first-order valence-corrected chi connectivity index (χ1v) is 12.4. The van der Waals surface area contributed by atoms with Gasteiger partial charge in [0, 0.05) is 50.2 Å². The van der Waals surface area contributed by atoms with Gasteiger partial charge in [0.2, 0.25) is 0 Å². The van der Waals surface area contributed by atoms with Crippen LogP contribution in [0.5, 0.6) is 0 Å². The molecule has 2 aromatic carbocycles. The molecule has 1 fully saturated rings. The Morgan fingerprint density at radius 3 is 2.17 bits per heavy atom. The molecular weight excluding hydrogens is 402 g/mol. The molecule has 1 aliphatic rings. The number of nitrogens with zero attached hydrogens (tertiary/aromatic N) is 3. The molecular formula is C22H25N3O2S2. The summed E-state index contributed by atoms with van der Waals surface area (Å²) in [4.78, 5) is 9.83. The minimum atomic E-state index is -3.21. The Hall–Kier alpha value is -2.06. The van der Waals surface area contributed by atoms with Gasteiger partial charge in [0.05, 0.1) is 16.3 Å². The van der Waals surface area contributed by atoms with E-state index >= 15 is 0 Å².